The van der Waals surface area contributed by atoms with Crippen molar-refractivity contribution in [1.82, 2.24) is 9.80 Å². The van der Waals surface area contributed by atoms with Crippen LogP contribution in [0.5, 0.6) is 0 Å². The number of aliphatic hydroxyl groups is 1. The molecule has 1 amide bonds. The van der Waals surface area contributed by atoms with Crippen LogP contribution in [0.1, 0.15) is 23.6 Å². The van der Waals surface area contributed by atoms with E-state index in [9.17, 15) is 14.7 Å². The Morgan fingerprint density at radius 1 is 1.16 bits per heavy atom. The number of ether oxygens (including phenoxy) is 1. The van der Waals surface area contributed by atoms with Crippen molar-refractivity contribution in [3.05, 3.63) is 68.7 Å². The molecule has 1 aliphatic rings. The Hall–Kier alpha value is -1.83. The third-order valence-corrected chi connectivity index (χ3v) is 6.75. The van der Waals surface area contributed by atoms with Crippen LogP contribution in [-0.4, -0.2) is 66.2 Å². The van der Waals surface area contributed by atoms with Gasteiger partial charge in [0.15, 0.2) is 0 Å². The Bertz CT molecular complexity index is 958. The summed E-state index contributed by atoms with van der Waals surface area (Å²) in [5.74, 6) is -0.876. The first-order valence-electron chi connectivity index (χ1n) is 10.2. The molecule has 2 aromatic rings. The van der Waals surface area contributed by atoms with Gasteiger partial charge in [-0.05, 0) is 24.1 Å². The van der Waals surface area contributed by atoms with E-state index in [2.05, 4.69) is 4.90 Å². The summed E-state index contributed by atoms with van der Waals surface area (Å²) in [5, 5.41) is 10.8. The second kappa shape index (κ2) is 11.3. The van der Waals surface area contributed by atoms with Gasteiger partial charge < -0.3 is 14.7 Å². The highest BCUT2D eigenvalue weighted by molar-refractivity contribution is 6.44. The molecule has 1 aliphatic heterocycles. The second-order valence-corrected chi connectivity index (χ2v) is 8.92. The summed E-state index contributed by atoms with van der Waals surface area (Å²) in [4.78, 5) is 29.3. The number of halogens is 3. The lowest BCUT2D eigenvalue weighted by molar-refractivity contribution is -0.148. The first-order chi connectivity index (χ1) is 15.3. The van der Waals surface area contributed by atoms with E-state index in [1.807, 2.05) is 30.3 Å². The van der Waals surface area contributed by atoms with E-state index in [1.54, 1.807) is 12.1 Å². The number of hydrogen-bond donors (Lipinski definition) is 1. The van der Waals surface area contributed by atoms with Crippen molar-refractivity contribution in [2.75, 3.05) is 33.3 Å². The highest BCUT2D eigenvalue weighted by Crippen LogP contribution is 2.33. The van der Waals surface area contributed by atoms with Crippen LogP contribution in [0.3, 0.4) is 0 Å². The third kappa shape index (κ3) is 6.15. The summed E-state index contributed by atoms with van der Waals surface area (Å²) < 4.78 is 4.86. The Balaban J connectivity index is 1.95. The fourth-order valence-corrected chi connectivity index (χ4v) is 4.52. The topological polar surface area (TPSA) is 70.1 Å². The largest absolute Gasteiger partial charge is 0.468 e. The molecule has 0 radical (unpaired) electrons. The number of likely N-dealkylation sites (tertiary alicyclic amines) is 1. The van der Waals surface area contributed by atoms with E-state index in [4.69, 9.17) is 39.5 Å². The minimum Gasteiger partial charge on any atom is -0.468 e. The molecule has 9 heteroatoms. The number of carbonyl (C=O) groups is 2. The predicted octanol–water partition coefficient (Wildman–Crippen LogP) is 4.00. The number of β-amino-alcohol motifs (C(OH)–C–C–N with tert-alkyl or cyclic N) is 1. The molecule has 3 rings (SSSR count). The van der Waals surface area contributed by atoms with Gasteiger partial charge in [-0.15, -0.1) is 0 Å². The van der Waals surface area contributed by atoms with E-state index in [0.29, 0.717) is 41.7 Å². The number of amides is 1. The molecule has 2 unspecified atom stereocenters. The monoisotopic (exact) mass is 498 g/mol. The lowest BCUT2D eigenvalue weighted by Crippen LogP contribution is -2.44. The number of rotatable bonds is 8. The van der Waals surface area contributed by atoms with Crippen LogP contribution in [0.25, 0.3) is 0 Å². The molecular formula is C23H25Cl3N2O4. The summed E-state index contributed by atoms with van der Waals surface area (Å²) >= 11 is 18.7. The lowest BCUT2D eigenvalue weighted by atomic mass is 10.0. The Morgan fingerprint density at radius 3 is 2.47 bits per heavy atom. The summed E-state index contributed by atoms with van der Waals surface area (Å²) in [6.45, 7) is 1.44. The van der Waals surface area contributed by atoms with Gasteiger partial charge in [0, 0.05) is 30.2 Å². The van der Waals surface area contributed by atoms with E-state index in [1.165, 1.54) is 12.0 Å². The predicted molar refractivity (Wildman–Crippen MR) is 125 cm³/mol. The Kier molecular flexibility index (Phi) is 8.79. The van der Waals surface area contributed by atoms with Gasteiger partial charge in [-0.2, -0.15) is 0 Å². The molecule has 2 aromatic carbocycles. The van der Waals surface area contributed by atoms with Gasteiger partial charge in [0.25, 0.3) is 0 Å². The average molecular weight is 500 g/mol. The lowest BCUT2D eigenvalue weighted by Gasteiger charge is -2.34. The molecule has 1 saturated heterocycles. The third-order valence-electron chi connectivity index (χ3n) is 5.55. The van der Waals surface area contributed by atoms with Crippen molar-refractivity contribution in [3.63, 3.8) is 0 Å². The van der Waals surface area contributed by atoms with E-state index >= 15 is 0 Å². The number of carbonyl (C=O) groups excluding carboxylic acids is 2. The van der Waals surface area contributed by atoms with Crippen molar-refractivity contribution in [2.24, 2.45) is 0 Å². The van der Waals surface area contributed by atoms with Crippen molar-refractivity contribution < 1.29 is 19.4 Å². The van der Waals surface area contributed by atoms with Crippen LogP contribution in [-0.2, 0) is 20.7 Å². The van der Waals surface area contributed by atoms with Gasteiger partial charge in [0.05, 0.1) is 35.7 Å². The minimum atomic E-state index is -0.538. The van der Waals surface area contributed by atoms with Crippen LogP contribution in [0.4, 0.5) is 0 Å². The zero-order valence-corrected chi connectivity index (χ0v) is 19.9. The molecule has 0 spiro atoms. The van der Waals surface area contributed by atoms with E-state index in [-0.39, 0.29) is 23.9 Å². The van der Waals surface area contributed by atoms with Gasteiger partial charge in [-0.3, -0.25) is 14.5 Å². The molecule has 1 N–H and O–H groups in total. The van der Waals surface area contributed by atoms with Crippen molar-refractivity contribution >= 4 is 46.7 Å². The molecule has 2 atom stereocenters. The van der Waals surface area contributed by atoms with Crippen molar-refractivity contribution in [2.45, 2.75) is 25.0 Å². The molecule has 0 bridgehead atoms. The SMILES string of the molecule is COC(=O)CN(C(=O)Cc1c(Cl)ccc(Cl)c1Cl)C(CN1CCC(O)C1)c1ccccc1. The molecule has 1 fully saturated rings. The van der Waals surface area contributed by atoms with Crippen molar-refractivity contribution in [1.29, 1.82) is 0 Å². The molecular weight excluding hydrogens is 475 g/mol. The number of benzene rings is 2. The van der Waals surface area contributed by atoms with Gasteiger partial charge in [0.2, 0.25) is 5.91 Å². The molecule has 0 aliphatic carbocycles. The number of methoxy groups -OCH3 is 1. The molecule has 0 aromatic heterocycles. The first-order valence-corrected chi connectivity index (χ1v) is 11.4. The van der Waals surface area contributed by atoms with Crippen LogP contribution in [0, 0.1) is 0 Å². The maximum Gasteiger partial charge on any atom is 0.325 e. The first kappa shape index (κ1) is 24.8. The van der Waals surface area contributed by atoms with E-state index < -0.39 is 18.1 Å². The number of nitrogens with zero attached hydrogens (tertiary/aromatic N) is 2. The Labute approximate surface area is 202 Å². The van der Waals surface area contributed by atoms with Crippen LogP contribution < -0.4 is 0 Å². The zero-order valence-electron chi connectivity index (χ0n) is 17.6. The normalized spacial score (nSPS) is 17.2. The van der Waals surface area contributed by atoms with Gasteiger partial charge in [-0.1, -0.05) is 65.1 Å². The van der Waals surface area contributed by atoms with E-state index in [0.717, 1.165) is 5.56 Å². The number of esters is 1. The molecule has 32 heavy (non-hydrogen) atoms. The average Bonchev–Trinajstić information content (AvgIpc) is 3.21. The zero-order chi connectivity index (χ0) is 23.3. The van der Waals surface area contributed by atoms with Crippen LogP contribution >= 0.6 is 34.8 Å². The summed E-state index contributed by atoms with van der Waals surface area (Å²) in [6.07, 6.45) is 0.140. The molecule has 1 heterocycles. The summed E-state index contributed by atoms with van der Waals surface area (Å²) in [7, 11) is 1.28. The van der Waals surface area contributed by atoms with Crippen LogP contribution in [0.15, 0.2) is 42.5 Å². The fourth-order valence-electron chi connectivity index (χ4n) is 3.84. The van der Waals surface area contributed by atoms with Gasteiger partial charge in [-0.25, -0.2) is 0 Å². The Morgan fingerprint density at radius 2 is 1.84 bits per heavy atom. The molecule has 6 nitrogen and oxygen atoms in total. The minimum absolute atomic E-state index is 0.124. The number of aliphatic hydroxyl groups excluding tert-OH is 1. The standard InChI is InChI=1S/C23H25Cl3N2O4/c1-32-22(31)14-28(21(30)11-17-18(24)7-8-19(25)23(17)26)20(15-5-3-2-4-6-15)13-27-10-9-16(29)12-27/h2-8,16,20,29H,9-14H2,1H3. The molecule has 0 saturated carbocycles. The number of hydrogen-bond acceptors (Lipinski definition) is 5. The second-order valence-electron chi connectivity index (χ2n) is 7.72. The summed E-state index contributed by atoms with van der Waals surface area (Å²) in [6, 6.07) is 12.2. The highest BCUT2D eigenvalue weighted by atomic mass is 35.5. The fraction of sp³-hybridized carbons (Fsp3) is 0.391. The van der Waals surface area contributed by atoms with Crippen LogP contribution in [0.2, 0.25) is 15.1 Å². The van der Waals surface area contributed by atoms with Gasteiger partial charge >= 0.3 is 5.97 Å². The smallest absolute Gasteiger partial charge is 0.325 e. The summed E-state index contributed by atoms with van der Waals surface area (Å²) in [5.41, 5.74) is 1.28. The maximum atomic E-state index is 13.5. The van der Waals surface area contributed by atoms with Gasteiger partial charge in [0.1, 0.15) is 6.54 Å². The highest BCUT2D eigenvalue weighted by Gasteiger charge is 2.32. The molecule has 172 valence electrons. The maximum absolute atomic E-state index is 13.5. The quantitative estimate of drug-likeness (QED) is 0.439. The van der Waals surface area contributed by atoms with Crippen molar-refractivity contribution in [3.8, 4) is 0 Å².